The molecule has 0 bridgehead atoms. The van der Waals surface area contributed by atoms with E-state index in [9.17, 15) is 23.2 Å². The number of carbonyl (C=O) groups is 3. The highest BCUT2D eigenvalue weighted by Gasteiger charge is 2.46. The number of rotatable bonds is 5. The minimum Gasteiger partial charge on any atom is -0.355 e. The van der Waals surface area contributed by atoms with Crippen molar-refractivity contribution in [3.63, 3.8) is 0 Å². The average Bonchev–Trinajstić information content (AvgIpc) is 3.55. The zero-order chi connectivity index (χ0) is 23.3. The lowest BCUT2D eigenvalue weighted by Crippen LogP contribution is -2.58. The predicted molar refractivity (Wildman–Crippen MR) is 115 cm³/mol. The third-order valence-electron chi connectivity index (χ3n) is 5.75. The number of carbonyl (C=O) groups excluding carboxylic acids is 3. The third-order valence-corrected chi connectivity index (χ3v) is 5.75. The van der Waals surface area contributed by atoms with E-state index in [-0.39, 0.29) is 23.3 Å². The Hall–Kier alpha value is -3.89. The Kier molecular flexibility index (Phi) is 4.84. The molecule has 3 amide bonds. The van der Waals surface area contributed by atoms with Crippen molar-refractivity contribution in [1.29, 1.82) is 0 Å². The topological polar surface area (TPSA) is 120 Å². The zero-order valence-corrected chi connectivity index (χ0v) is 17.6. The summed E-state index contributed by atoms with van der Waals surface area (Å²) in [5, 5.41) is 5.92. The predicted octanol–water partition coefficient (Wildman–Crippen LogP) is 2.42. The van der Waals surface area contributed by atoms with Crippen molar-refractivity contribution in [3.8, 4) is 11.4 Å². The average molecular weight is 454 g/mol. The summed E-state index contributed by atoms with van der Waals surface area (Å²) in [6.45, 7) is -1.19. The first-order chi connectivity index (χ1) is 15.8. The molecule has 1 aliphatic carbocycles. The number of fused-ring (bicyclic) bond motifs is 1. The molecular weight excluding hydrogens is 434 g/mol. The number of nitrogens with one attached hydrogen (secondary N) is 3. The molecule has 0 radical (unpaired) electrons. The van der Waals surface area contributed by atoms with Gasteiger partial charge in [0.05, 0.1) is 41.1 Å². The van der Waals surface area contributed by atoms with Crippen LogP contribution >= 0.6 is 0 Å². The van der Waals surface area contributed by atoms with Gasteiger partial charge in [0.1, 0.15) is 0 Å². The molecule has 3 aromatic heterocycles. The Morgan fingerprint density at radius 1 is 1.15 bits per heavy atom. The molecule has 0 aromatic carbocycles. The molecule has 3 aromatic rings. The molecule has 0 atom stereocenters. The minimum atomic E-state index is -2.84. The number of anilines is 1. The maximum Gasteiger partial charge on any atom is 0.282 e. The summed E-state index contributed by atoms with van der Waals surface area (Å²) >= 11 is 0. The second kappa shape index (κ2) is 7.61. The number of hydrogen-bond acceptors (Lipinski definition) is 5. The molecule has 2 fully saturated rings. The first-order valence-corrected chi connectivity index (χ1v) is 10.4. The van der Waals surface area contributed by atoms with Crippen LogP contribution in [0.5, 0.6) is 0 Å². The van der Waals surface area contributed by atoms with Gasteiger partial charge < -0.3 is 20.5 Å². The standard InChI is InChI=1S/C22H20F2N6O3/c1-25-20(32)14-8-27-18(29-19(31)11-2-3-11)17-13(14)6-16(28-17)15-5-4-12(7-26-15)21(33)30-9-22(23,24)10-30/h4-8,11,28H,2-3,9-10H2,1H3,(H,25,32)(H,27,29,31). The number of nitrogens with zero attached hydrogens (tertiary/aromatic N) is 3. The maximum absolute atomic E-state index is 13.1. The quantitative estimate of drug-likeness (QED) is 0.547. The molecular formula is C22H20F2N6O3. The van der Waals surface area contributed by atoms with Crippen LogP contribution in [0, 0.1) is 5.92 Å². The normalized spacial score (nSPS) is 16.9. The first-order valence-electron chi connectivity index (χ1n) is 10.4. The number of halogens is 2. The summed E-state index contributed by atoms with van der Waals surface area (Å²) in [6, 6.07) is 4.82. The lowest BCUT2D eigenvalue weighted by atomic mass is 10.1. The van der Waals surface area contributed by atoms with Gasteiger partial charge in [0.25, 0.3) is 17.7 Å². The summed E-state index contributed by atoms with van der Waals surface area (Å²) in [5.74, 6) is -3.51. The van der Waals surface area contributed by atoms with Crippen LogP contribution in [0.4, 0.5) is 14.6 Å². The van der Waals surface area contributed by atoms with E-state index in [1.54, 1.807) is 12.1 Å². The van der Waals surface area contributed by atoms with Gasteiger partial charge in [0.2, 0.25) is 5.91 Å². The van der Waals surface area contributed by atoms with Gasteiger partial charge in [0.15, 0.2) is 5.82 Å². The largest absolute Gasteiger partial charge is 0.355 e. The van der Waals surface area contributed by atoms with E-state index in [4.69, 9.17) is 0 Å². The van der Waals surface area contributed by atoms with Gasteiger partial charge in [-0.3, -0.25) is 19.4 Å². The number of alkyl halides is 2. The van der Waals surface area contributed by atoms with E-state index >= 15 is 0 Å². The number of hydrogen-bond donors (Lipinski definition) is 3. The first kappa shape index (κ1) is 21.0. The van der Waals surface area contributed by atoms with Gasteiger partial charge >= 0.3 is 0 Å². The van der Waals surface area contributed by atoms with E-state index < -0.39 is 24.9 Å². The Morgan fingerprint density at radius 2 is 1.91 bits per heavy atom. The van der Waals surface area contributed by atoms with E-state index in [1.165, 1.54) is 25.5 Å². The van der Waals surface area contributed by atoms with Gasteiger partial charge in [-0.25, -0.2) is 13.8 Å². The molecule has 170 valence electrons. The van der Waals surface area contributed by atoms with Crippen molar-refractivity contribution < 1.29 is 23.2 Å². The van der Waals surface area contributed by atoms with E-state index in [0.717, 1.165) is 17.7 Å². The van der Waals surface area contributed by atoms with Crippen LogP contribution in [0.1, 0.15) is 33.6 Å². The lowest BCUT2D eigenvalue weighted by Gasteiger charge is -2.38. The zero-order valence-electron chi connectivity index (χ0n) is 17.6. The summed E-state index contributed by atoms with van der Waals surface area (Å²) in [6.07, 6.45) is 4.41. The number of likely N-dealkylation sites (tertiary alicyclic amines) is 1. The molecule has 4 heterocycles. The van der Waals surface area contributed by atoms with Crippen LogP contribution in [0.3, 0.4) is 0 Å². The Bertz CT molecular complexity index is 1280. The van der Waals surface area contributed by atoms with Gasteiger partial charge in [-0.1, -0.05) is 0 Å². The van der Waals surface area contributed by atoms with Crippen LogP contribution in [0.2, 0.25) is 0 Å². The molecule has 1 saturated carbocycles. The van der Waals surface area contributed by atoms with Crippen molar-refractivity contribution >= 4 is 34.4 Å². The molecule has 9 nitrogen and oxygen atoms in total. The fraction of sp³-hybridized carbons (Fsp3) is 0.318. The summed E-state index contributed by atoms with van der Waals surface area (Å²) in [5.41, 5.74) is 2.02. The monoisotopic (exact) mass is 454 g/mol. The van der Waals surface area contributed by atoms with Gasteiger partial charge in [0, 0.05) is 30.7 Å². The van der Waals surface area contributed by atoms with Gasteiger partial charge in [-0.05, 0) is 31.0 Å². The molecule has 11 heteroatoms. The SMILES string of the molecule is CNC(=O)c1cnc(NC(=O)C2CC2)c2[nH]c(-c3ccc(C(=O)N4CC(F)(F)C4)cn3)cc12. The van der Waals surface area contributed by atoms with Crippen molar-refractivity contribution in [2.45, 2.75) is 18.8 Å². The number of amides is 3. The Morgan fingerprint density at radius 3 is 2.52 bits per heavy atom. The molecule has 0 spiro atoms. The molecule has 3 N–H and O–H groups in total. The van der Waals surface area contributed by atoms with Crippen molar-refractivity contribution in [2.75, 3.05) is 25.5 Å². The number of aromatic amines is 1. The minimum absolute atomic E-state index is 0.0204. The van der Waals surface area contributed by atoms with Crippen LogP contribution < -0.4 is 10.6 Å². The summed E-state index contributed by atoms with van der Waals surface area (Å²) in [4.78, 5) is 49.7. The molecule has 1 aliphatic heterocycles. The second-order valence-electron chi connectivity index (χ2n) is 8.28. The van der Waals surface area contributed by atoms with Gasteiger partial charge in [-0.15, -0.1) is 0 Å². The fourth-order valence-electron chi connectivity index (χ4n) is 3.75. The summed E-state index contributed by atoms with van der Waals surface area (Å²) in [7, 11) is 1.51. The molecule has 1 saturated heterocycles. The Balaban J connectivity index is 1.47. The van der Waals surface area contributed by atoms with E-state index in [1.807, 2.05) is 0 Å². The molecule has 0 unspecified atom stereocenters. The van der Waals surface area contributed by atoms with Crippen LogP contribution in [0.25, 0.3) is 22.3 Å². The second-order valence-corrected chi connectivity index (χ2v) is 8.28. The van der Waals surface area contributed by atoms with Crippen LogP contribution in [0.15, 0.2) is 30.6 Å². The van der Waals surface area contributed by atoms with Crippen LogP contribution in [-0.4, -0.2) is 63.6 Å². The van der Waals surface area contributed by atoms with Gasteiger partial charge in [-0.2, -0.15) is 0 Å². The fourth-order valence-corrected chi connectivity index (χ4v) is 3.75. The van der Waals surface area contributed by atoms with E-state index in [2.05, 4.69) is 25.6 Å². The summed E-state index contributed by atoms with van der Waals surface area (Å²) < 4.78 is 26.1. The highest BCUT2D eigenvalue weighted by atomic mass is 19.3. The highest BCUT2D eigenvalue weighted by molar-refractivity contribution is 6.11. The molecule has 2 aliphatic rings. The Labute approximate surface area is 186 Å². The van der Waals surface area contributed by atoms with Crippen molar-refractivity contribution in [1.82, 2.24) is 25.2 Å². The molecule has 5 rings (SSSR count). The van der Waals surface area contributed by atoms with E-state index in [0.29, 0.717) is 33.7 Å². The van der Waals surface area contributed by atoms with Crippen LogP contribution in [-0.2, 0) is 4.79 Å². The molecule has 33 heavy (non-hydrogen) atoms. The highest BCUT2D eigenvalue weighted by Crippen LogP contribution is 2.33. The number of aromatic nitrogens is 3. The smallest absolute Gasteiger partial charge is 0.282 e. The maximum atomic E-state index is 13.1. The lowest BCUT2D eigenvalue weighted by molar-refractivity contribution is -0.117. The van der Waals surface area contributed by atoms with Crippen molar-refractivity contribution in [3.05, 3.63) is 41.7 Å². The number of pyridine rings is 2. The van der Waals surface area contributed by atoms with Crippen molar-refractivity contribution in [2.24, 2.45) is 5.92 Å². The third kappa shape index (κ3) is 3.90. The number of H-pyrrole nitrogens is 1.